The lowest BCUT2D eigenvalue weighted by Gasteiger charge is -2.25. The van der Waals surface area contributed by atoms with Crippen molar-refractivity contribution >= 4 is 32.8 Å². The van der Waals surface area contributed by atoms with E-state index in [1.54, 1.807) is 10.9 Å². The molecule has 1 atom stereocenters. The van der Waals surface area contributed by atoms with Crippen LogP contribution in [0.1, 0.15) is 46.4 Å². The molecule has 0 N–H and O–H groups in total. The van der Waals surface area contributed by atoms with Gasteiger partial charge in [-0.2, -0.15) is 0 Å². The van der Waals surface area contributed by atoms with Gasteiger partial charge in [0.2, 0.25) is 0 Å². The van der Waals surface area contributed by atoms with Gasteiger partial charge in [0, 0.05) is 28.4 Å². The number of hydrogen-bond acceptors (Lipinski definition) is 5. The Morgan fingerprint density at radius 2 is 2.04 bits per heavy atom. The van der Waals surface area contributed by atoms with Crippen molar-refractivity contribution in [2.75, 3.05) is 0 Å². The zero-order valence-corrected chi connectivity index (χ0v) is 17.8. The van der Waals surface area contributed by atoms with Gasteiger partial charge in [0.25, 0.3) is 0 Å². The smallest absolute Gasteiger partial charge is 0.331 e. The Bertz CT molecular complexity index is 955. The van der Waals surface area contributed by atoms with Crippen LogP contribution in [-0.2, 0) is 16.1 Å². The predicted molar refractivity (Wildman–Crippen MR) is 106 cm³/mol. The Balaban J connectivity index is 1.85. The van der Waals surface area contributed by atoms with Crippen LogP contribution in [0.3, 0.4) is 0 Å². The van der Waals surface area contributed by atoms with Gasteiger partial charge in [-0.15, -0.1) is 5.10 Å². The summed E-state index contributed by atoms with van der Waals surface area (Å²) in [5, 5.41) is 9.50. The average Bonchev–Trinajstić information content (AvgIpc) is 3.12. The Hall–Kier alpha value is -2.22. The standard InChI is InChI=1S/C19H24BrN5O2/c1-12(2)17(18(26)27-19(3,4)5)25-10-13(22-23-25)9-24-11-15(20)14-8-21-7-6-16(14)24/h6-8,10-12,17H,9H2,1-5H3. The molecule has 3 heterocycles. The molecule has 0 spiro atoms. The summed E-state index contributed by atoms with van der Waals surface area (Å²) < 4.78 is 10.2. The Morgan fingerprint density at radius 3 is 2.70 bits per heavy atom. The molecule has 144 valence electrons. The maximum absolute atomic E-state index is 12.6. The van der Waals surface area contributed by atoms with E-state index < -0.39 is 11.6 Å². The molecule has 3 aromatic heterocycles. The first-order chi connectivity index (χ1) is 12.7. The number of carbonyl (C=O) groups is 1. The Labute approximate surface area is 166 Å². The van der Waals surface area contributed by atoms with E-state index in [2.05, 4.69) is 35.8 Å². The van der Waals surface area contributed by atoms with Gasteiger partial charge in [0.05, 0.1) is 18.3 Å². The van der Waals surface area contributed by atoms with Crippen molar-refractivity contribution in [1.82, 2.24) is 24.5 Å². The molecule has 0 aliphatic carbocycles. The molecule has 8 heteroatoms. The summed E-state index contributed by atoms with van der Waals surface area (Å²) in [5.41, 5.74) is 1.28. The molecular formula is C19H24BrN5O2. The predicted octanol–water partition coefficient (Wildman–Crippen LogP) is 3.98. The summed E-state index contributed by atoms with van der Waals surface area (Å²) in [6, 6.07) is 1.45. The molecule has 0 amide bonds. The monoisotopic (exact) mass is 433 g/mol. The van der Waals surface area contributed by atoms with Crippen molar-refractivity contribution in [1.29, 1.82) is 0 Å². The van der Waals surface area contributed by atoms with E-state index in [0.717, 1.165) is 21.1 Å². The molecule has 0 aromatic carbocycles. The summed E-state index contributed by atoms with van der Waals surface area (Å²) in [6.45, 7) is 10.1. The zero-order valence-electron chi connectivity index (χ0n) is 16.2. The normalized spacial score (nSPS) is 13.3. The van der Waals surface area contributed by atoms with Gasteiger partial charge in [0.1, 0.15) is 11.3 Å². The minimum Gasteiger partial charge on any atom is -0.458 e. The van der Waals surface area contributed by atoms with E-state index in [9.17, 15) is 4.79 Å². The fraction of sp³-hybridized carbons (Fsp3) is 0.474. The third-order valence-corrected chi connectivity index (χ3v) is 4.72. The van der Waals surface area contributed by atoms with Crippen molar-refractivity contribution < 1.29 is 9.53 Å². The molecule has 0 saturated heterocycles. The van der Waals surface area contributed by atoms with Crippen molar-refractivity contribution in [3.8, 4) is 0 Å². The molecule has 27 heavy (non-hydrogen) atoms. The number of aromatic nitrogens is 5. The highest BCUT2D eigenvalue weighted by molar-refractivity contribution is 9.10. The highest BCUT2D eigenvalue weighted by Crippen LogP contribution is 2.26. The first-order valence-corrected chi connectivity index (χ1v) is 9.67. The van der Waals surface area contributed by atoms with Crippen LogP contribution < -0.4 is 0 Å². The first-order valence-electron chi connectivity index (χ1n) is 8.87. The van der Waals surface area contributed by atoms with E-state index in [0.29, 0.717) is 6.54 Å². The second kappa shape index (κ2) is 7.42. The molecule has 0 radical (unpaired) electrons. The Morgan fingerprint density at radius 1 is 1.30 bits per heavy atom. The molecule has 7 nitrogen and oxygen atoms in total. The highest BCUT2D eigenvalue weighted by atomic mass is 79.9. The summed E-state index contributed by atoms with van der Waals surface area (Å²) in [5.74, 6) is -0.267. The molecule has 0 aliphatic rings. The lowest BCUT2D eigenvalue weighted by atomic mass is 10.0. The number of fused-ring (bicyclic) bond motifs is 1. The number of nitrogens with zero attached hydrogens (tertiary/aromatic N) is 5. The molecular weight excluding hydrogens is 410 g/mol. The van der Waals surface area contributed by atoms with Gasteiger partial charge in [-0.1, -0.05) is 19.1 Å². The van der Waals surface area contributed by atoms with Gasteiger partial charge >= 0.3 is 5.97 Å². The van der Waals surface area contributed by atoms with Gasteiger partial charge in [-0.05, 0) is 48.7 Å². The third kappa shape index (κ3) is 4.37. The fourth-order valence-electron chi connectivity index (χ4n) is 2.97. The summed E-state index contributed by atoms with van der Waals surface area (Å²) in [4.78, 5) is 16.8. The SMILES string of the molecule is CC(C)C(C(=O)OC(C)(C)C)n1cc(Cn2cc(Br)c3cnccc32)nn1. The van der Waals surface area contributed by atoms with Gasteiger partial charge in [-0.3, -0.25) is 4.98 Å². The summed E-state index contributed by atoms with van der Waals surface area (Å²) >= 11 is 3.56. The van der Waals surface area contributed by atoms with E-state index in [-0.39, 0.29) is 11.9 Å². The van der Waals surface area contributed by atoms with Gasteiger partial charge < -0.3 is 9.30 Å². The molecule has 3 aromatic rings. The number of rotatable bonds is 5. The van der Waals surface area contributed by atoms with E-state index >= 15 is 0 Å². The highest BCUT2D eigenvalue weighted by Gasteiger charge is 2.30. The molecule has 0 bridgehead atoms. The van der Waals surface area contributed by atoms with Gasteiger partial charge in [0.15, 0.2) is 6.04 Å². The van der Waals surface area contributed by atoms with Crippen LogP contribution in [0.15, 0.2) is 35.3 Å². The topological polar surface area (TPSA) is 74.8 Å². The fourth-order valence-corrected chi connectivity index (χ4v) is 3.53. The van der Waals surface area contributed by atoms with E-state index in [4.69, 9.17) is 4.74 Å². The van der Waals surface area contributed by atoms with Crippen LogP contribution in [0.4, 0.5) is 0 Å². The number of carbonyl (C=O) groups excluding carboxylic acids is 1. The summed E-state index contributed by atoms with van der Waals surface area (Å²) in [7, 11) is 0. The van der Waals surface area contributed by atoms with E-state index in [1.165, 1.54) is 0 Å². The van der Waals surface area contributed by atoms with Crippen LogP contribution in [0.5, 0.6) is 0 Å². The number of hydrogen-bond donors (Lipinski definition) is 0. The molecule has 3 rings (SSSR count). The second-order valence-electron chi connectivity index (χ2n) is 7.91. The summed E-state index contributed by atoms with van der Waals surface area (Å²) in [6.07, 6.45) is 7.40. The van der Waals surface area contributed by atoms with E-state index in [1.807, 2.05) is 59.3 Å². The number of ether oxygens (including phenoxy) is 1. The molecule has 0 fully saturated rings. The van der Waals surface area contributed by atoms with Crippen molar-refractivity contribution in [2.45, 2.75) is 52.8 Å². The maximum atomic E-state index is 12.6. The van der Waals surface area contributed by atoms with Crippen LogP contribution >= 0.6 is 15.9 Å². The number of pyridine rings is 1. The van der Waals surface area contributed by atoms with Crippen molar-refractivity contribution in [3.63, 3.8) is 0 Å². The van der Waals surface area contributed by atoms with Crippen LogP contribution in [-0.4, -0.2) is 36.1 Å². The first kappa shape index (κ1) is 19.5. The largest absolute Gasteiger partial charge is 0.458 e. The lowest BCUT2D eigenvalue weighted by molar-refractivity contribution is -0.161. The zero-order chi connectivity index (χ0) is 19.8. The second-order valence-corrected chi connectivity index (χ2v) is 8.76. The van der Waals surface area contributed by atoms with Crippen LogP contribution in [0.2, 0.25) is 0 Å². The maximum Gasteiger partial charge on any atom is 0.331 e. The molecule has 1 unspecified atom stereocenters. The quantitative estimate of drug-likeness (QED) is 0.568. The minimum atomic E-state index is -0.544. The van der Waals surface area contributed by atoms with Gasteiger partial charge in [-0.25, -0.2) is 9.48 Å². The average molecular weight is 434 g/mol. The minimum absolute atomic E-state index is 0.0297. The number of halogens is 1. The number of esters is 1. The molecule has 0 aliphatic heterocycles. The third-order valence-electron chi connectivity index (χ3n) is 4.09. The Kier molecular flexibility index (Phi) is 5.37. The van der Waals surface area contributed by atoms with Crippen molar-refractivity contribution in [2.24, 2.45) is 5.92 Å². The molecule has 0 saturated carbocycles. The van der Waals surface area contributed by atoms with Crippen LogP contribution in [0, 0.1) is 5.92 Å². The van der Waals surface area contributed by atoms with Crippen molar-refractivity contribution in [3.05, 3.63) is 41.0 Å². The lowest BCUT2D eigenvalue weighted by Crippen LogP contribution is -2.33. The van der Waals surface area contributed by atoms with Crippen LogP contribution in [0.25, 0.3) is 10.9 Å².